The van der Waals surface area contributed by atoms with Gasteiger partial charge in [-0.1, -0.05) is 58.8 Å². The van der Waals surface area contributed by atoms with Crippen LogP contribution in [0.25, 0.3) is 11.4 Å². The Morgan fingerprint density at radius 1 is 0.744 bits per heavy atom. The number of aromatic nitrogens is 2. The first-order chi connectivity index (χ1) is 20.5. The summed E-state index contributed by atoms with van der Waals surface area (Å²) in [7, 11) is 1.72. The molecular formula is C35H33ClN3O2PS. The Morgan fingerprint density at radius 2 is 1.21 bits per heavy atom. The molecule has 0 aliphatic carbocycles. The lowest BCUT2D eigenvalue weighted by atomic mass is 9.69. The van der Waals surface area contributed by atoms with E-state index in [1.54, 1.807) is 7.11 Å². The molecule has 0 unspecified atom stereocenters. The molecule has 0 saturated carbocycles. The smallest absolute Gasteiger partial charge is 0.244 e. The number of nitrogens with zero attached hydrogens (tertiary/aromatic N) is 2. The van der Waals surface area contributed by atoms with Gasteiger partial charge in [0.2, 0.25) is 5.91 Å². The van der Waals surface area contributed by atoms with E-state index in [0.29, 0.717) is 5.02 Å². The Kier molecular flexibility index (Phi) is 6.30. The molecule has 1 amide bonds. The highest BCUT2D eigenvalue weighted by Gasteiger charge is 2.61. The van der Waals surface area contributed by atoms with E-state index in [2.05, 4.69) is 105 Å². The fraction of sp³-hybridized carbons (Fsp3) is 0.229. The number of halogens is 1. The summed E-state index contributed by atoms with van der Waals surface area (Å²) in [5.41, 5.74) is 10.6. The second-order valence-electron chi connectivity index (χ2n) is 11.8. The summed E-state index contributed by atoms with van der Waals surface area (Å²) in [6.07, 6.45) is -2.87. The molecule has 0 saturated heterocycles. The molecular weight excluding hydrogens is 593 g/mol. The molecule has 0 bridgehead atoms. The molecule has 5 aromatic rings. The number of fused-ring (bicyclic) bond motifs is 6. The van der Waals surface area contributed by atoms with Crippen molar-refractivity contribution in [1.82, 2.24) is 9.13 Å². The van der Waals surface area contributed by atoms with Crippen LogP contribution in [0, 0.1) is 41.5 Å². The third-order valence-electron chi connectivity index (χ3n) is 9.38. The molecule has 43 heavy (non-hydrogen) atoms. The lowest BCUT2D eigenvalue weighted by Gasteiger charge is -2.39. The van der Waals surface area contributed by atoms with Crippen LogP contribution in [-0.4, -0.2) is 22.2 Å². The minimum atomic E-state index is -2.87. The average Bonchev–Trinajstić information content (AvgIpc) is 3.53. The molecule has 3 aromatic carbocycles. The van der Waals surface area contributed by atoms with Gasteiger partial charge in [0.05, 0.1) is 0 Å². The molecule has 1 N–H and O–H groups in total. The van der Waals surface area contributed by atoms with Gasteiger partial charge < -0.3 is 19.0 Å². The van der Waals surface area contributed by atoms with Crippen LogP contribution in [-0.2, 0) is 26.5 Å². The highest BCUT2D eigenvalue weighted by atomic mass is 35.5. The van der Waals surface area contributed by atoms with Gasteiger partial charge in [-0.05, 0) is 84.0 Å². The standard InChI is InChI=1S/C35H33ClN3O2PS/c1-19-8-13-26(14-9-19)38-21(3)30-32(23(38)5)42(43,41-7)33-24(6)39(27-15-10-20(2)11-16-27)22(4)31(33)35(30)28-18-25(36)12-17-29(28)37-34(35)40/h8-18H,1-7H3,(H,37,40). The molecule has 2 aromatic heterocycles. The van der Waals surface area contributed by atoms with Gasteiger partial charge in [0, 0.05) is 79.3 Å². The lowest BCUT2D eigenvalue weighted by molar-refractivity contribution is -0.118. The third kappa shape index (κ3) is 3.55. The van der Waals surface area contributed by atoms with Crippen LogP contribution < -0.4 is 15.9 Å². The molecule has 2 aliphatic rings. The molecule has 1 spiro atoms. The third-order valence-corrected chi connectivity index (χ3v) is 13.9. The van der Waals surface area contributed by atoms with Crippen LogP contribution in [0.1, 0.15) is 50.6 Å². The molecule has 0 fully saturated rings. The number of hydrogen-bond acceptors (Lipinski definition) is 3. The zero-order valence-corrected chi connectivity index (χ0v) is 27.8. The molecule has 8 heteroatoms. The van der Waals surface area contributed by atoms with Crippen molar-refractivity contribution < 1.29 is 9.32 Å². The maximum Gasteiger partial charge on any atom is 0.244 e. The molecule has 4 heterocycles. The molecule has 5 nitrogen and oxygen atoms in total. The summed E-state index contributed by atoms with van der Waals surface area (Å²) in [4.78, 5) is 14.8. The van der Waals surface area contributed by atoms with Gasteiger partial charge in [-0.25, -0.2) is 0 Å². The quantitative estimate of drug-likeness (QED) is 0.213. The minimum absolute atomic E-state index is 0.0991. The number of nitrogens with one attached hydrogen (secondary N) is 1. The number of aryl methyl sites for hydroxylation is 2. The van der Waals surface area contributed by atoms with Crippen molar-refractivity contribution in [3.05, 3.63) is 122 Å². The first-order valence-corrected chi connectivity index (χ1v) is 17.4. The van der Waals surface area contributed by atoms with E-state index in [0.717, 1.165) is 67.1 Å². The van der Waals surface area contributed by atoms with Crippen molar-refractivity contribution in [3.63, 3.8) is 0 Å². The van der Waals surface area contributed by atoms with Crippen LogP contribution in [0.4, 0.5) is 5.69 Å². The molecule has 218 valence electrons. The van der Waals surface area contributed by atoms with Crippen molar-refractivity contribution in [2.75, 3.05) is 12.4 Å². The van der Waals surface area contributed by atoms with Gasteiger partial charge in [0.25, 0.3) is 0 Å². The SMILES string of the molecule is COP1(=S)c2c(c(C)n(-c3ccc(C)cc3)c2C)C2(C(=O)Nc3ccc(Cl)cc32)c2c1c(C)n(-c1ccc(C)cc1)c2C. The van der Waals surface area contributed by atoms with Gasteiger partial charge in [-0.15, -0.1) is 0 Å². The van der Waals surface area contributed by atoms with E-state index in [9.17, 15) is 4.79 Å². The molecule has 0 atom stereocenters. The van der Waals surface area contributed by atoms with Crippen LogP contribution in [0.15, 0.2) is 66.7 Å². The summed E-state index contributed by atoms with van der Waals surface area (Å²) in [5, 5.41) is 5.71. The fourth-order valence-corrected chi connectivity index (χ4v) is 12.0. The second-order valence-corrected chi connectivity index (χ2v) is 16.1. The molecule has 0 radical (unpaired) electrons. The fourth-order valence-electron chi connectivity index (χ4n) is 7.61. The monoisotopic (exact) mass is 625 g/mol. The van der Waals surface area contributed by atoms with Crippen molar-refractivity contribution >= 4 is 51.9 Å². The average molecular weight is 626 g/mol. The number of rotatable bonds is 3. The Hall–Kier alpha value is -3.41. The molecule has 7 rings (SSSR count). The highest BCUT2D eigenvalue weighted by molar-refractivity contribution is 8.19. The van der Waals surface area contributed by atoms with Gasteiger partial charge in [0.15, 0.2) is 0 Å². The predicted molar refractivity (Wildman–Crippen MR) is 180 cm³/mol. The van der Waals surface area contributed by atoms with Crippen LogP contribution in [0.5, 0.6) is 0 Å². The van der Waals surface area contributed by atoms with Crippen LogP contribution >= 0.6 is 17.9 Å². The number of hydrogen-bond donors (Lipinski definition) is 1. The van der Waals surface area contributed by atoms with E-state index in [-0.39, 0.29) is 5.91 Å². The summed E-state index contributed by atoms with van der Waals surface area (Å²) < 4.78 is 11.0. The number of carbonyl (C=O) groups excluding carboxylic acids is 1. The van der Waals surface area contributed by atoms with Crippen LogP contribution in [0.2, 0.25) is 5.02 Å². The Labute approximate surface area is 262 Å². The van der Waals surface area contributed by atoms with Gasteiger partial charge in [-0.3, -0.25) is 4.79 Å². The highest BCUT2D eigenvalue weighted by Crippen LogP contribution is 2.62. The van der Waals surface area contributed by atoms with E-state index < -0.39 is 11.7 Å². The normalized spacial score (nSPS) is 20.2. The van der Waals surface area contributed by atoms with Crippen molar-refractivity contribution in [3.8, 4) is 11.4 Å². The van der Waals surface area contributed by atoms with Crippen LogP contribution in [0.3, 0.4) is 0 Å². The summed E-state index contributed by atoms with van der Waals surface area (Å²) in [6.45, 7) is 12.6. The van der Waals surface area contributed by atoms with Gasteiger partial charge in [-0.2, -0.15) is 0 Å². The van der Waals surface area contributed by atoms with E-state index >= 15 is 0 Å². The first kappa shape index (κ1) is 28.4. The number of amides is 1. The maximum atomic E-state index is 14.8. The molecule has 2 aliphatic heterocycles. The maximum absolute atomic E-state index is 14.8. The number of anilines is 1. The zero-order chi connectivity index (χ0) is 30.6. The largest absolute Gasteiger partial charge is 0.345 e. The summed E-state index contributed by atoms with van der Waals surface area (Å²) in [5.74, 6) is -0.0991. The number of benzene rings is 3. The summed E-state index contributed by atoms with van der Waals surface area (Å²) >= 11 is 13.4. The van der Waals surface area contributed by atoms with E-state index in [1.165, 1.54) is 11.1 Å². The van der Waals surface area contributed by atoms with Crippen molar-refractivity contribution in [2.24, 2.45) is 0 Å². The van der Waals surface area contributed by atoms with Crippen molar-refractivity contribution in [1.29, 1.82) is 0 Å². The van der Waals surface area contributed by atoms with E-state index in [1.807, 2.05) is 18.2 Å². The van der Waals surface area contributed by atoms with Gasteiger partial charge >= 0.3 is 0 Å². The topological polar surface area (TPSA) is 48.2 Å². The van der Waals surface area contributed by atoms with Gasteiger partial charge in [0.1, 0.15) is 11.7 Å². The minimum Gasteiger partial charge on any atom is -0.345 e. The van der Waals surface area contributed by atoms with E-state index in [4.69, 9.17) is 27.9 Å². The Morgan fingerprint density at radius 3 is 1.65 bits per heavy atom. The predicted octanol–water partition coefficient (Wildman–Crippen LogP) is 7.36. The second kappa shape index (κ2) is 9.54. The van der Waals surface area contributed by atoms with Crippen molar-refractivity contribution in [2.45, 2.75) is 47.0 Å². The Bertz CT molecular complexity index is 1950. The Balaban J connectivity index is 1.70. The summed E-state index contributed by atoms with van der Waals surface area (Å²) in [6, 6.07) is 22.6. The number of carbonyl (C=O) groups is 1. The zero-order valence-electron chi connectivity index (χ0n) is 25.3. The lowest BCUT2D eigenvalue weighted by Crippen LogP contribution is -2.48. The first-order valence-electron chi connectivity index (χ1n) is 14.3.